The summed E-state index contributed by atoms with van der Waals surface area (Å²) in [5.74, 6) is -0.399. The van der Waals surface area contributed by atoms with Crippen LogP contribution in [0.1, 0.15) is 25.5 Å². The number of likely N-dealkylation sites (N-methyl/N-ethyl adjacent to an activating group) is 1. The van der Waals surface area contributed by atoms with Crippen LogP contribution in [-0.4, -0.2) is 19.8 Å². The summed E-state index contributed by atoms with van der Waals surface area (Å²) in [4.78, 5) is 0. The number of halogens is 2. The van der Waals surface area contributed by atoms with Gasteiger partial charge in [-0.3, -0.25) is 0 Å². The van der Waals surface area contributed by atoms with Gasteiger partial charge in [-0.15, -0.1) is 0 Å². The summed E-state index contributed by atoms with van der Waals surface area (Å²) >= 11 is 5.91. The highest BCUT2D eigenvalue weighted by Gasteiger charge is 2.15. The summed E-state index contributed by atoms with van der Waals surface area (Å²) in [6.07, 6.45) is 0.142. The summed E-state index contributed by atoms with van der Waals surface area (Å²) in [7, 11) is 1.80. The van der Waals surface area contributed by atoms with Crippen LogP contribution in [-0.2, 0) is 4.74 Å². The van der Waals surface area contributed by atoms with E-state index in [4.69, 9.17) is 16.3 Å². The molecule has 0 saturated heterocycles. The number of benzene rings is 1. The lowest BCUT2D eigenvalue weighted by Crippen LogP contribution is -2.24. The monoisotopic (exact) mass is 245 g/mol. The van der Waals surface area contributed by atoms with Crippen molar-refractivity contribution in [2.24, 2.45) is 0 Å². The van der Waals surface area contributed by atoms with Crippen LogP contribution in [0.15, 0.2) is 18.2 Å². The number of nitrogens with one attached hydrogen (secondary N) is 1. The molecule has 4 heteroatoms. The van der Waals surface area contributed by atoms with Crippen molar-refractivity contribution in [1.29, 1.82) is 0 Å². The molecular weight excluding hydrogens is 229 g/mol. The molecule has 0 amide bonds. The Hall–Kier alpha value is -0.640. The molecule has 1 rings (SSSR count). The Morgan fingerprint density at radius 1 is 1.44 bits per heavy atom. The van der Waals surface area contributed by atoms with Crippen LogP contribution in [0.5, 0.6) is 0 Å². The molecule has 0 radical (unpaired) electrons. The van der Waals surface area contributed by atoms with Crippen molar-refractivity contribution in [2.75, 3.05) is 13.7 Å². The zero-order chi connectivity index (χ0) is 12.1. The van der Waals surface area contributed by atoms with E-state index in [0.29, 0.717) is 6.61 Å². The fourth-order valence-corrected chi connectivity index (χ4v) is 1.66. The largest absolute Gasteiger partial charge is 0.377 e. The fraction of sp³-hybridized carbons (Fsp3) is 0.500. The van der Waals surface area contributed by atoms with E-state index >= 15 is 0 Å². The summed E-state index contributed by atoms with van der Waals surface area (Å²) in [6, 6.07) is 4.71. The van der Waals surface area contributed by atoms with Crippen molar-refractivity contribution in [3.05, 3.63) is 34.6 Å². The first-order valence-electron chi connectivity index (χ1n) is 5.29. The molecule has 0 aliphatic carbocycles. The standard InChI is InChI=1S/C12H17ClFNO/c1-8(2)16-7-11(15-3)9-5-4-6-10(14)12(9)13/h4-6,8,11,15H,7H2,1-3H3. The molecule has 1 aromatic carbocycles. The number of hydrogen-bond acceptors (Lipinski definition) is 2. The van der Waals surface area contributed by atoms with Crippen LogP contribution in [0.25, 0.3) is 0 Å². The molecule has 0 bridgehead atoms. The molecule has 1 aromatic rings. The van der Waals surface area contributed by atoms with Gasteiger partial charge in [-0.05, 0) is 32.5 Å². The Bertz CT molecular complexity index is 344. The van der Waals surface area contributed by atoms with Gasteiger partial charge in [0.25, 0.3) is 0 Å². The lowest BCUT2D eigenvalue weighted by molar-refractivity contribution is 0.0626. The van der Waals surface area contributed by atoms with Crippen LogP contribution >= 0.6 is 11.6 Å². The van der Waals surface area contributed by atoms with Gasteiger partial charge in [0, 0.05) is 0 Å². The molecule has 0 aromatic heterocycles. The van der Waals surface area contributed by atoms with Gasteiger partial charge in [-0.1, -0.05) is 23.7 Å². The molecule has 0 saturated carbocycles. The highest BCUT2D eigenvalue weighted by Crippen LogP contribution is 2.25. The lowest BCUT2D eigenvalue weighted by atomic mass is 10.1. The fourth-order valence-electron chi connectivity index (χ4n) is 1.41. The minimum absolute atomic E-state index is 0.0920. The normalized spacial score (nSPS) is 13.1. The Labute approximate surface area is 101 Å². The van der Waals surface area contributed by atoms with Gasteiger partial charge in [-0.2, -0.15) is 0 Å². The van der Waals surface area contributed by atoms with E-state index in [-0.39, 0.29) is 17.2 Å². The molecule has 1 unspecified atom stereocenters. The van der Waals surface area contributed by atoms with Gasteiger partial charge >= 0.3 is 0 Å². The highest BCUT2D eigenvalue weighted by atomic mass is 35.5. The van der Waals surface area contributed by atoms with Crippen LogP contribution in [0.3, 0.4) is 0 Å². The zero-order valence-corrected chi connectivity index (χ0v) is 10.5. The summed E-state index contributed by atoms with van der Waals surface area (Å²) < 4.78 is 18.8. The second kappa shape index (κ2) is 6.18. The molecule has 0 heterocycles. The number of hydrogen-bond donors (Lipinski definition) is 1. The molecule has 0 aliphatic rings. The van der Waals surface area contributed by atoms with Crippen molar-refractivity contribution in [3.8, 4) is 0 Å². The van der Waals surface area contributed by atoms with Crippen molar-refractivity contribution >= 4 is 11.6 Å². The van der Waals surface area contributed by atoms with Crippen molar-refractivity contribution in [3.63, 3.8) is 0 Å². The van der Waals surface area contributed by atoms with E-state index < -0.39 is 5.82 Å². The second-order valence-electron chi connectivity index (χ2n) is 3.87. The number of rotatable bonds is 5. The summed E-state index contributed by atoms with van der Waals surface area (Å²) in [6.45, 7) is 4.39. The van der Waals surface area contributed by atoms with E-state index in [1.807, 2.05) is 13.8 Å². The van der Waals surface area contributed by atoms with E-state index in [9.17, 15) is 4.39 Å². The van der Waals surface area contributed by atoms with E-state index in [2.05, 4.69) is 5.32 Å². The smallest absolute Gasteiger partial charge is 0.142 e. The average molecular weight is 246 g/mol. The first-order chi connectivity index (χ1) is 7.56. The van der Waals surface area contributed by atoms with E-state index in [1.54, 1.807) is 19.2 Å². The van der Waals surface area contributed by atoms with Gasteiger partial charge in [0.15, 0.2) is 0 Å². The minimum Gasteiger partial charge on any atom is -0.377 e. The minimum atomic E-state index is -0.399. The maximum atomic E-state index is 13.3. The second-order valence-corrected chi connectivity index (χ2v) is 4.24. The van der Waals surface area contributed by atoms with Crippen molar-refractivity contribution < 1.29 is 9.13 Å². The molecule has 0 spiro atoms. The van der Waals surface area contributed by atoms with Gasteiger partial charge < -0.3 is 10.1 Å². The van der Waals surface area contributed by atoms with Crippen molar-refractivity contribution in [1.82, 2.24) is 5.32 Å². The predicted octanol–water partition coefficient (Wildman–Crippen LogP) is 3.16. The first kappa shape index (κ1) is 13.4. The third-order valence-electron chi connectivity index (χ3n) is 2.30. The van der Waals surface area contributed by atoms with Crippen LogP contribution in [0.2, 0.25) is 5.02 Å². The molecule has 0 aliphatic heterocycles. The lowest BCUT2D eigenvalue weighted by Gasteiger charge is -2.19. The van der Waals surface area contributed by atoms with Crippen LogP contribution in [0.4, 0.5) is 4.39 Å². The maximum Gasteiger partial charge on any atom is 0.142 e. The van der Waals surface area contributed by atoms with Crippen LogP contribution in [0, 0.1) is 5.82 Å². The first-order valence-corrected chi connectivity index (χ1v) is 5.66. The molecule has 90 valence electrons. The highest BCUT2D eigenvalue weighted by molar-refractivity contribution is 6.31. The SMILES string of the molecule is CNC(COC(C)C)c1cccc(F)c1Cl. The van der Waals surface area contributed by atoms with E-state index in [1.165, 1.54) is 6.07 Å². The molecule has 2 nitrogen and oxygen atoms in total. The van der Waals surface area contributed by atoms with E-state index in [0.717, 1.165) is 5.56 Å². The zero-order valence-electron chi connectivity index (χ0n) is 9.76. The molecule has 16 heavy (non-hydrogen) atoms. The quantitative estimate of drug-likeness (QED) is 0.861. The van der Waals surface area contributed by atoms with Gasteiger partial charge in [0.1, 0.15) is 5.82 Å². The Morgan fingerprint density at radius 2 is 2.12 bits per heavy atom. The average Bonchev–Trinajstić information content (AvgIpc) is 2.24. The van der Waals surface area contributed by atoms with Gasteiger partial charge in [0.05, 0.1) is 23.8 Å². The number of ether oxygens (including phenoxy) is 1. The summed E-state index contributed by atoms with van der Waals surface area (Å²) in [5.41, 5.74) is 0.727. The third-order valence-corrected chi connectivity index (χ3v) is 2.70. The molecule has 1 atom stereocenters. The Kier molecular flexibility index (Phi) is 5.19. The predicted molar refractivity (Wildman–Crippen MR) is 64.3 cm³/mol. The van der Waals surface area contributed by atoms with Gasteiger partial charge in [-0.25, -0.2) is 4.39 Å². The molecule has 1 N–H and O–H groups in total. The van der Waals surface area contributed by atoms with Crippen LogP contribution < -0.4 is 5.32 Å². The summed E-state index contributed by atoms with van der Waals surface area (Å²) in [5, 5.41) is 3.23. The molecular formula is C12H17ClFNO. The maximum absolute atomic E-state index is 13.3. The topological polar surface area (TPSA) is 21.3 Å². The Balaban J connectivity index is 2.82. The molecule has 0 fully saturated rings. The van der Waals surface area contributed by atoms with Crippen molar-refractivity contribution in [2.45, 2.75) is 26.0 Å². The third kappa shape index (κ3) is 3.44. The van der Waals surface area contributed by atoms with Gasteiger partial charge in [0.2, 0.25) is 0 Å². The Morgan fingerprint density at radius 3 is 2.69 bits per heavy atom.